The summed E-state index contributed by atoms with van der Waals surface area (Å²) in [7, 11) is -2.80. The van der Waals surface area contributed by atoms with Gasteiger partial charge < -0.3 is 5.32 Å². The van der Waals surface area contributed by atoms with Crippen LogP contribution in [0.5, 0.6) is 0 Å². The monoisotopic (exact) mass is 233 g/mol. The molecule has 0 bridgehead atoms. The lowest BCUT2D eigenvalue weighted by molar-refractivity contribution is 0.0950. The summed E-state index contributed by atoms with van der Waals surface area (Å²) < 4.78 is 23.2. The Morgan fingerprint density at radius 2 is 1.87 bits per heavy atom. The second-order valence-electron chi connectivity index (χ2n) is 5.02. The van der Waals surface area contributed by atoms with Crippen LogP contribution >= 0.6 is 0 Å². The molecule has 0 aromatic heterocycles. The van der Waals surface area contributed by atoms with Crippen molar-refractivity contribution in [1.29, 1.82) is 0 Å². The molecule has 15 heavy (non-hydrogen) atoms. The fraction of sp³-hybridized carbons (Fsp3) is 1.00. The van der Waals surface area contributed by atoms with Crippen LogP contribution in [0.25, 0.3) is 0 Å². The summed E-state index contributed by atoms with van der Waals surface area (Å²) in [4.78, 5) is 0. The second kappa shape index (κ2) is 4.83. The lowest BCUT2D eigenvalue weighted by Crippen LogP contribution is -2.57. The standard InChI is InChI=1S/C11H23NO2S/c1-4-6-15(13,14)7-5-11(10(2)3)8-12-9-11/h10,12H,4-9H2,1-3H3. The van der Waals surface area contributed by atoms with Crippen LogP contribution in [0.4, 0.5) is 0 Å². The fourth-order valence-electron chi connectivity index (χ4n) is 2.09. The maximum atomic E-state index is 11.6. The first-order valence-corrected chi connectivity index (χ1v) is 7.65. The van der Waals surface area contributed by atoms with Gasteiger partial charge in [-0.1, -0.05) is 20.8 Å². The molecular weight excluding hydrogens is 210 g/mol. The average Bonchev–Trinajstić information content (AvgIpc) is 2.00. The van der Waals surface area contributed by atoms with E-state index in [0.717, 1.165) is 25.9 Å². The zero-order valence-corrected chi connectivity index (χ0v) is 10.9. The first kappa shape index (κ1) is 13.0. The Balaban J connectivity index is 2.48. The molecule has 3 nitrogen and oxygen atoms in total. The Morgan fingerprint density at radius 3 is 2.20 bits per heavy atom. The van der Waals surface area contributed by atoms with E-state index in [-0.39, 0.29) is 5.41 Å². The van der Waals surface area contributed by atoms with E-state index in [1.807, 2.05) is 6.92 Å². The van der Waals surface area contributed by atoms with Crippen LogP contribution in [0.3, 0.4) is 0 Å². The van der Waals surface area contributed by atoms with Crippen molar-refractivity contribution in [3.8, 4) is 0 Å². The van der Waals surface area contributed by atoms with E-state index in [9.17, 15) is 8.42 Å². The van der Waals surface area contributed by atoms with Crippen molar-refractivity contribution < 1.29 is 8.42 Å². The van der Waals surface area contributed by atoms with Gasteiger partial charge in [-0.2, -0.15) is 0 Å². The molecule has 0 unspecified atom stereocenters. The van der Waals surface area contributed by atoms with Gasteiger partial charge in [0.05, 0.1) is 5.75 Å². The van der Waals surface area contributed by atoms with E-state index >= 15 is 0 Å². The highest BCUT2D eigenvalue weighted by atomic mass is 32.2. The molecule has 1 fully saturated rings. The molecule has 0 aliphatic carbocycles. The summed E-state index contributed by atoms with van der Waals surface area (Å²) in [6.45, 7) is 8.25. The predicted octanol–water partition coefficient (Wildman–Crippen LogP) is 1.45. The van der Waals surface area contributed by atoms with Crippen molar-refractivity contribution in [2.75, 3.05) is 24.6 Å². The molecule has 0 aromatic rings. The Hall–Kier alpha value is -0.0900. The SMILES string of the molecule is CCCS(=O)(=O)CCC1(C(C)C)CNC1. The van der Waals surface area contributed by atoms with E-state index in [2.05, 4.69) is 19.2 Å². The van der Waals surface area contributed by atoms with Crippen LogP contribution in [-0.2, 0) is 9.84 Å². The molecule has 1 rings (SSSR count). The molecule has 0 radical (unpaired) electrons. The summed E-state index contributed by atoms with van der Waals surface area (Å²) >= 11 is 0. The maximum absolute atomic E-state index is 11.6. The minimum absolute atomic E-state index is 0.237. The molecule has 1 N–H and O–H groups in total. The van der Waals surface area contributed by atoms with Gasteiger partial charge in [-0.05, 0) is 24.2 Å². The summed E-state index contributed by atoms with van der Waals surface area (Å²) in [5, 5.41) is 3.26. The third-order valence-corrected chi connectivity index (χ3v) is 5.46. The highest BCUT2D eigenvalue weighted by Crippen LogP contribution is 2.35. The van der Waals surface area contributed by atoms with Crippen LogP contribution < -0.4 is 5.32 Å². The first-order chi connectivity index (χ1) is 6.92. The maximum Gasteiger partial charge on any atom is 0.150 e. The first-order valence-electron chi connectivity index (χ1n) is 5.83. The fourth-order valence-corrected chi connectivity index (χ4v) is 3.64. The minimum Gasteiger partial charge on any atom is -0.316 e. The van der Waals surface area contributed by atoms with Gasteiger partial charge in [0.15, 0.2) is 0 Å². The normalized spacial score (nSPS) is 20.3. The molecule has 1 heterocycles. The summed E-state index contributed by atoms with van der Waals surface area (Å²) in [6, 6.07) is 0. The highest BCUT2D eigenvalue weighted by molar-refractivity contribution is 7.91. The van der Waals surface area contributed by atoms with Gasteiger partial charge >= 0.3 is 0 Å². The Bertz CT molecular complexity index is 292. The van der Waals surface area contributed by atoms with Crippen molar-refractivity contribution in [3.63, 3.8) is 0 Å². The van der Waals surface area contributed by atoms with Crippen molar-refractivity contribution in [1.82, 2.24) is 5.32 Å². The molecule has 0 spiro atoms. The van der Waals surface area contributed by atoms with Gasteiger partial charge in [0, 0.05) is 18.8 Å². The smallest absolute Gasteiger partial charge is 0.150 e. The second-order valence-corrected chi connectivity index (χ2v) is 7.33. The summed E-state index contributed by atoms with van der Waals surface area (Å²) in [5.74, 6) is 1.27. The zero-order valence-electron chi connectivity index (χ0n) is 10.0. The van der Waals surface area contributed by atoms with Gasteiger partial charge in [0.1, 0.15) is 9.84 Å². The Kier molecular flexibility index (Phi) is 4.18. The van der Waals surface area contributed by atoms with Gasteiger partial charge in [-0.3, -0.25) is 0 Å². The summed E-state index contributed by atoms with van der Waals surface area (Å²) in [6.07, 6.45) is 1.55. The zero-order chi connectivity index (χ0) is 11.5. The third kappa shape index (κ3) is 3.18. The van der Waals surface area contributed by atoms with Crippen LogP contribution in [0.1, 0.15) is 33.6 Å². The average molecular weight is 233 g/mol. The van der Waals surface area contributed by atoms with E-state index in [0.29, 0.717) is 17.4 Å². The molecule has 0 atom stereocenters. The lowest BCUT2D eigenvalue weighted by atomic mass is 9.70. The van der Waals surface area contributed by atoms with Gasteiger partial charge in [0.25, 0.3) is 0 Å². The quantitative estimate of drug-likeness (QED) is 0.755. The topological polar surface area (TPSA) is 46.2 Å². The molecule has 0 saturated carbocycles. The molecule has 0 aromatic carbocycles. The van der Waals surface area contributed by atoms with E-state index in [4.69, 9.17) is 0 Å². The molecule has 1 saturated heterocycles. The van der Waals surface area contributed by atoms with Crippen LogP contribution in [-0.4, -0.2) is 33.0 Å². The van der Waals surface area contributed by atoms with Crippen molar-refractivity contribution in [2.24, 2.45) is 11.3 Å². The lowest BCUT2D eigenvalue weighted by Gasteiger charge is -2.46. The summed E-state index contributed by atoms with van der Waals surface area (Å²) in [5.41, 5.74) is 0.237. The number of hydrogen-bond donors (Lipinski definition) is 1. The largest absolute Gasteiger partial charge is 0.316 e. The molecule has 1 aliphatic heterocycles. The predicted molar refractivity (Wildman–Crippen MR) is 63.7 cm³/mol. The van der Waals surface area contributed by atoms with Gasteiger partial charge in [-0.15, -0.1) is 0 Å². The van der Waals surface area contributed by atoms with E-state index in [1.54, 1.807) is 0 Å². The Labute approximate surface area is 93.6 Å². The van der Waals surface area contributed by atoms with Crippen LogP contribution in [0.15, 0.2) is 0 Å². The number of hydrogen-bond acceptors (Lipinski definition) is 3. The third-order valence-electron chi connectivity index (χ3n) is 3.60. The molecule has 0 amide bonds. The van der Waals surface area contributed by atoms with Crippen molar-refractivity contribution >= 4 is 9.84 Å². The van der Waals surface area contributed by atoms with E-state index < -0.39 is 9.84 Å². The molecule has 4 heteroatoms. The molecular formula is C11H23NO2S. The Morgan fingerprint density at radius 1 is 1.27 bits per heavy atom. The van der Waals surface area contributed by atoms with Crippen LogP contribution in [0, 0.1) is 11.3 Å². The van der Waals surface area contributed by atoms with Gasteiger partial charge in [-0.25, -0.2) is 8.42 Å². The number of nitrogens with one attached hydrogen (secondary N) is 1. The molecule has 90 valence electrons. The van der Waals surface area contributed by atoms with Gasteiger partial charge in [0.2, 0.25) is 0 Å². The van der Waals surface area contributed by atoms with Crippen molar-refractivity contribution in [2.45, 2.75) is 33.6 Å². The highest BCUT2D eigenvalue weighted by Gasteiger charge is 2.40. The van der Waals surface area contributed by atoms with Crippen molar-refractivity contribution in [3.05, 3.63) is 0 Å². The number of sulfone groups is 1. The van der Waals surface area contributed by atoms with Crippen LogP contribution in [0.2, 0.25) is 0 Å². The minimum atomic E-state index is -2.80. The number of rotatable bonds is 6. The van der Waals surface area contributed by atoms with E-state index in [1.165, 1.54) is 0 Å². The molecule has 1 aliphatic rings.